The minimum atomic E-state index is 1.10. The Morgan fingerprint density at radius 3 is 1.75 bits per heavy atom. The van der Waals surface area contributed by atoms with Gasteiger partial charge in [0.15, 0.2) is 0 Å². The molecule has 0 aliphatic heterocycles. The molecular weight excluding hydrogens is 384 g/mol. The van der Waals surface area contributed by atoms with E-state index in [-0.39, 0.29) is 0 Å². The first-order valence-corrected chi connectivity index (χ1v) is 12.5. The highest BCUT2D eigenvalue weighted by molar-refractivity contribution is 5.87. The molecule has 32 heavy (non-hydrogen) atoms. The van der Waals surface area contributed by atoms with Gasteiger partial charge in [0.05, 0.1) is 0 Å². The Labute approximate surface area is 195 Å². The highest BCUT2D eigenvalue weighted by atomic mass is 14.3. The van der Waals surface area contributed by atoms with Crippen LogP contribution in [0.2, 0.25) is 0 Å². The molecule has 0 aromatic heterocycles. The van der Waals surface area contributed by atoms with Gasteiger partial charge in [-0.3, -0.25) is 0 Å². The number of unbranched alkanes of at least 4 members (excludes halogenated alkanes) is 4. The quantitative estimate of drug-likeness (QED) is 0.317. The van der Waals surface area contributed by atoms with Crippen LogP contribution in [-0.2, 0) is 6.42 Å². The maximum atomic E-state index is 2.52. The smallest absolute Gasteiger partial charge is 0.00514 e. The first-order valence-electron chi connectivity index (χ1n) is 12.5. The summed E-state index contributed by atoms with van der Waals surface area (Å²) in [4.78, 5) is 0. The van der Waals surface area contributed by atoms with Crippen LogP contribution < -0.4 is 0 Å². The van der Waals surface area contributed by atoms with Gasteiger partial charge in [-0.2, -0.15) is 0 Å². The molecule has 1 aliphatic rings. The Bertz CT molecular complexity index is 1100. The monoisotopic (exact) mass is 422 g/mol. The molecule has 0 saturated carbocycles. The molecule has 0 bridgehead atoms. The first kappa shape index (κ1) is 22.6. The van der Waals surface area contributed by atoms with Crippen LogP contribution in [0.5, 0.6) is 0 Å². The predicted molar refractivity (Wildman–Crippen MR) is 141 cm³/mol. The molecule has 0 spiro atoms. The highest BCUT2D eigenvalue weighted by Crippen LogP contribution is 2.41. The van der Waals surface area contributed by atoms with E-state index in [1.165, 1.54) is 94.2 Å². The van der Waals surface area contributed by atoms with Crippen LogP contribution in [0.25, 0.3) is 28.3 Å². The van der Waals surface area contributed by atoms with Crippen molar-refractivity contribution in [3.8, 4) is 22.3 Å². The van der Waals surface area contributed by atoms with Gasteiger partial charge in [-0.15, -0.1) is 0 Å². The van der Waals surface area contributed by atoms with E-state index in [2.05, 4.69) is 89.2 Å². The fourth-order valence-corrected chi connectivity index (χ4v) is 5.40. The molecule has 166 valence electrons. The van der Waals surface area contributed by atoms with Gasteiger partial charge in [0.1, 0.15) is 0 Å². The normalized spacial score (nSPS) is 12.7. The van der Waals surface area contributed by atoms with Gasteiger partial charge in [-0.05, 0) is 80.3 Å². The number of hydrogen-bond acceptors (Lipinski definition) is 0. The van der Waals surface area contributed by atoms with Gasteiger partial charge in [-0.25, -0.2) is 0 Å². The molecule has 0 fully saturated rings. The van der Waals surface area contributed by atoms with Gasteiger partial charge in [0, 0.05) is 0 Å². The summed E-state index contributed by atoms with van der Waals surface area (Å²) in [7, 11) is 0. The fourth-order valence-electron chi connectivity index (χ4n) is 5.40. The van der Waals surface area contributed by atoms with Crippen molar-refractivity contribution in [3.63, 3.8) is 0 Å². The average molecular weight is 423 g/mol. The molecule has 1 aliphatic carbocycles. The maximum absolute atomic E-state index is 2.52. The van der Waals surface area contributed by atoms with Gasteiger partial charge in [-0.1, -0.05) is 115 Å². The van der Waals surface area contributed by atoms with Crippen molar-refractivity contribution in [1.82, 2.24) is 0 Å². The van der Waals surface area contributed by atoms with Crippen molar-refractivity contribution in [3.05, 3.63) is 87.5 Å². The van der Waals surface area contributed by atoms with Crippen LogP contribution in [0.4, 0.5) is 0 Å². The number of fused-ring (bicyclic) bond motifs is 1. The van der Waals surface area contributed by atoms with E-state index in [9.17, 15) is 0 Å². The summed E-state index contributed by atoms with van der Waals surface area (Å²) in [6, 6.07) is 18.7. The van der Waals surface area contributed by atoms with E-state index in [0.717, 1.165) is 6.42 Å². The van der Waals surface area contributed by atoms with Crippen molar-refractivity contribution >= 4 is 6.08 Å². The van der Waals surface area contributed by atoms with Gasteiger partial charge in [0.2, 0.25) is 0 Å². The first-order chi connectivity index (χ1) is 15.4. The van der Waals surface area contributed by atoms with E-state index in [1.54, 1.807) is 5.57 Å². The lowest BCUT2D eigenvalue weighted by Crippen LogP contribution is -1.95. The summed E-state index contributed by atoms with van der Waals surface area (Å²) >= 11 is 0. The van der Waals surface area contributed by atoms with Crippen LogP contribution in [0.15, 0.2) is 54.1 Å². The Morgan fingerprint density at radius 2 is 1.16 bits per heavy atom. The summed E-state index contributed by atoms with van der Waals surface area (Å²) in [6.45, 7) is 11.1. The minimum Gasteiger partial charge on any atom is -0.0654 e. The van der Waals surface area contributed by atoms with Gasteiger partial charge >= 0.3 is 0 Å². The number of hydrogen-bond donors (Lipinski definition) is 0. The van der Waals surface area contributed by atoms with Crippen LogP contribution in [-0.4, -0.2) is 0 Å². The zero-order chi connectivity index (χ0) is 22.7. The lowest BCUT2D eigenvalue weighted by atomic mass is 9.88. The van der Waals surface area contributed by atoms with E-state index in [4.69, 9.17) is 0 Å². The van der Waals surface area contributed by atoms with E-state index >= 15 is 0 Å². The SMILES string of the molecule is CCCCCCCC1=Cc2c(-c3cc(C)cc(C)c3)ccc(-c3cc(C)cc(C)c3)c2C1. The molecule has 0 radical (unpaired) electrons. The molecule has 4 rings (SSSR count). The van der Waals surface area contributed by atoms with E-state index in [1.807, 2.05) is 0 Å². The third-order valence-electron chi connectivity index (χ3n) is 6.78. The number of benzene rings is 3. The average Bonchev–Trinajstić information content (AvgIpc) is 3.15. The number of rotatable bonds is 8. The second kappa shape index (κ2) is 9.90. The van der Waals surface area contributed by atoms with Crippen LogP contribution >= 0.6 is 0 Å². The molecule has 0 saturated heterocycles. The minimum absolute atomic E-state index is 1.10. The largest absolute Gasteiger partial charge is 0.0654 e. The van der Waals surface area contributed by atoms with Gasteiger partial charge < -0.3 is 0 Å². The Balaban J connectivity index is 1.74. The van der Waals surface area contributed by atoms with Crippen LogP contribution in [0, 0.1) is 27.7 Å². The highest BCUT2D eigenvalue weighted by Gasteiger charge is 2.21. The summed E-state index contributed by atoms with van der Waals surface area (Å²) in [5.74, 6) is 0. The Hall–Kier alpha value is -2.60. The molecule has 0 unspecified atom stereocenters. The number of allylic oxidation sites excluding steroid dienone is 1. The van der Waals surface area contributed by atoms with E-state index < -0.39 is 0 Å². The second-order valence-corrected chi connectivity index (χ2v) is 9.95. The summed E-state index contributed by atoms with van der Waals surface area (Å²) in [6.07, 6.45) is 11.6. The maximum Gasteiger partial charge on any atom is -0.00514 e. The molecule has 0 heteroatoms. The summed E-state index contributed by atoms with van der Waals surface area (Å²) < 4.78 is 0. The van der Waals surface area contributed by atoms with Crippen LogP contribution in [0.1, 0.15) is 78.8 Å². The van der Waals surface area contributed by atoms with Gasteiger partial charge in [0.25, 0.3) is 0 Å². The molecule has 3 aromatic rings. The zero-order valence-corrected chi connectivity index (χ0v) is 20.6. The topological polar surface area (TPSA) is 0 Å². The second-order valence-electron chi connectivity index (χ2n) is 9.95. The van der Waals surface area contributed by atoms with Crippen molar-refractivity contribution in [1.29, 1.82) is 0 Å². The summed E-state index contributed by atoms with van der Waals surface area (Å²) in [5.41, 5.74) is 15.5. The zero-order valence-electron chi connectivity index (χ0n) is 20.6. The predicted octanol–water partition coefficient (Wildman–Crippen LogP) is 9.55. The van der Waals surface area contributed by atoms with Crippen molar-refractivity contribution in [2.24, 2.45) is 0 Å². The molecular formula is C32H38. The molecule has 0 heterocycles. The molecule has 3 aromatic carbocycles. The molecule has 0 amide bonds. The van der Waals surface area contributed by atoms with Crippen molar-refractivity contribution < 1.29 is 0 Å². The Kier molecular flexibility index (Phi) is 6.99. The number of aryl methyl sites for hydroxylation is 4. The lowest BCUT2D eigenvalue weighted by Gasteiger charge is -2.16. The molecule has 0 nitrogen and oxygen atoms in total. The van der Waals surface area contributed by atoms with Crippen molar-refractivity contribution in [2.75, 3.05) is 0 Å². The standard InChI is InChI=1S/C32H38/c1-6-7-8-9-10-11-26-20-31-29(27-16-22(2)14-23(3)17-27)12-13-30(32(31)21-26)28-18-24(4)15-25(5)19-28/h12-20H,6-11,21H2,1-5H3. The molecule has 0 N–H and O–H groups in total. The van der Waals surface area contributed by atoms with E-state index in [0.29, 0.717) is 0 Å². The summed E-state index contributed by atoms with van der Waals surface area (Å²) in [5, 5.41) is 0. The Morgan fingerprint density at radius 1 is 0.625 bits per heavy atom. The third-order valence-corrected chi connectivity index (χ3v) is 6.78. The third kappa shape index (κ3) is 5.07. The van der Waals surface area contributed by atoms with Crippen molar-refractivity contribution in [2.45, 2.75) is 79.6 Å². The van der Waals surface area contributed by atoms with Crippen LogP contribution in [0.3, 0.4) is 0 Å². The fraction of sp³-hybridized carbons (Fsp3) is 0.375. The lowest BCUT2D eigenvalue weighted by molar-refractivity contribution is 0.629. The molecule has 0 atom stereocenters.